The molecule has 0 radical (unpaired) electrons. The van der Waals surface area contributed by atoms with Crippen LogP contribution in [0.1, 0.15) is 46.3 Å². The number of sulfonamides is 1. The molecule has 25 heavy (non-hydrogen) atoms. The number of fused-ring (bicyclic) bond motifs is 1. The number of aliphatic hydroxyl groups excluding tert-OH is 1. The average Bonchev–Trinajstić information content (AvgIpc) is 2.89. The first kappa shape index (κ1) is 20.2. The smallest absolute Gasteiger partial charge is 0.235 e. The van der Waals surface area contributed by atoms with Crippen LogP contribution in [0.4, 0.5) is 5.00 Å². The summed E-state index contributed by atoms with van der Waals surface area (Å²) in [5.41, 5.74) is 0.322. The molecule has 1 aromatic heterocycles. The maximum Gasteiger partial charge on any atom is 0.235 e. The van der Waals surface area contributed by atoms with Crippen LogP contribution >= 0.6 is 11.3 Å². The fourth-order valence-corrected chi connectivity index (χ4v) is 5.29. The summed E-state index contributed by atoms with van der Waals surface area (Å²) in [6.45, 7) is 9.61. The lowest BCUT2D eigenvalue weighted by atomic mass is 10.1. The van der Waals surface area contributed by atoms with Gasteiger partial charge in [-0.05, 0) is 40.7 Å². The van der Waals surface area contributed by atoms with Gasteiger partial charge in [-0.3, -0.25) is 4.31 Å². The summed E-state index contributed by atoms with van der Waals surface area (Å²) < 4.78 is 33.5. The van der Waals surface area contributed by atoms with E-state index in [-0.39, 0.29) is 24.5 Å². The SMILES string of the molecule is CCS(=O)(=O)N(CCOC(C)(C)C)c1sc2ccccc2c1C(C)O. The second-order valence-electron chi connectivity index (χ2n) is 6.93. The number of thiophene rings is 1. The highest BCUT2D eigenvalue weighted by Crippen LogP contribution is 2.42. The number of aliphatic hydroxyl groups is 1. The highest BCUT2D eigenvalue weighted by atomic mass is 32.2. The van der Waals surface area contributed by atoms with Crippen LogP contribution in [0.25, 0.3) is 10.1 Å². The Hall–Kier alpha value is -1.15. The topological polar surface area (TPSA) is 66.8 Å². The molecule has 0 bridgehead atoms. The minimum absolute atomic E-state index is 0.00396. The Bertz CT molecular complexity index is 819. The molecule has 1 aromatic carbocycles. The molecule has 140 valence electrons. The third kappa shape index (κ3) is 4.73. The number of benzene rings is 1. The van der Waals surface area contributed by atoms with E-state index in [2.05, 4.69) is 0 Å². The van der Waals surface area contributed by atoms with Gasteiger partial charge in [-0.25, -0.2) is 8.42 Å². The monoisotopic (exact) mass is 385 g/mol. The van der Waals surface area contributed by atoms with Crippen molar-refractivity contribution in [3.05, 3.63) is 29.8 Å². The van der Waals surface area contributed by atoms with Gasteiger partial charge < -0.3 is 9.84 Å². The molecule has 1 N–H and O–H groups in total. The standard InChI is InChI=1S/C18H27NO4S2/c1-6-25(21,22)19(11-12-23-18(3,4)5)17-16(13(2)20)14-9-7-8-10-15(14)24-17/h7-10,13,20H,6,11-12H2,1-5H3. The van der Waals surface area contributed by atoms with Crippen molar-refractivity contribution in [2.24, 2.45) is 0 Å². The van der Waals surface area contributed by atoms with Crippen LogP contribution in [-0.2, 0) is 14.8 Å². The summed E-state index contributed by atoms with van der Waals surface area (Å²) in [5, 5.41) is 11.8. The molecule has 1 unspecified atom stereocenters. The van der Waals surface area contributed by atoms with E-state index in [9.17, 15) is 13.5 Å². The van der Waals surface area contributed by atoms with Crippen LogP contribution in [0, 0.1) is 0 Å². The number of hydrogen-bond donors (Lipinski definition) is 1. The quantitative estimate of drug-likeness (QED) is 0.784. The molecular weight excluding hydrogens is 358 g/mol. The summed E-state index contributed by atoms with van der Waals surface area (Å²) >= 11 is 1.39. The molecule has 0 saturated carbocycles. The van der Waals surface area contributed by atoms with Crippen LogP contribution in [0.15, 0.2) is 24.3 Å². The molecule has 2 rings (SSSR count). The van der Waals surface area contributed by atoms with E-state index >= 15 is 0 Å². The van der Waals surface area contributed by atoms with Gasteiger partial charge in [0.1, 0.15) is 5.00 Å². The second-order valence-corrected chi connectivity index (χ2v) is 10.1. The number of nitrogens with zero attached hydrogens (tertiary/aromatic N) is 1. The van der Waals surface area contributed by atoms with Gasteiger partial charge in [0.15, 0.2) is 0 Å². The molecular formula is C18H27NO4S2. The Balaban J connectivity index is 2.50. The zero-order valence-corrected chi connectivity index (χ0v) is 17.1. The Labute approximate surface area is 154 Å². The Morgan fingerprint density at radius 3 is 2.48 bits per heavy atom. The minimum atomic E-state index is -3.48. The lowest BCUT2D eigenvalue weighted by Gasteiger charge is -2.27. The highest BCUT2D eigenvalue weighted by molar-refractivity contribution is 7.93. The average molecular weight is 386 g/mol. The largest absolute Gasteiger partial charge is 0.389 e. The van der Waals surface area contributed by atoms with E-state index in [1.54, 1.807) is 13.8 Å². The molecule has 0 fully saturated rings. The summed E-state index contributed by atoms with van der Waals surface area (Å²) in [6, 6.07) is 7.67. The third-order valence-corrected chi connectivity index (χ3v) is 6.88. The van der Waals surface area contributed by atoms with Gasteiger partial charge in [-0.1, -0.05) is 18.2 Å². The Kier molecular flexibility index (Phi) is 6.14. The fourth-order valence-electron chi connectivity index (χ4n) is 2.60. The van der Waals surface area contributed by atoms with Crippen molar-refractivity contribution < 1.29 is 18.3 Å². The number of rotatable bonds is 7. The van der Waals surface area contributed by atoms with E-state index in [1.165, 1.54) is 15.6 Å². The lowest BCUT2D eigenvalue weighted by molar-refractivity contribution is 0.00232. The number of ether oxygens (including phenoxy) is 1. The second kappa shape index (κ2) is 7.61. The molecule has 0 aliphatic heterocycles. The summed E-state index contributed by atoms with van der Waals surface area (Å²) in [6.07, 6.45) is -0.760. The lowest BCUT2D eigenvalue weighted by Crippen LogP contribution is -2.37. The Morgan fingerprint density at radius 2 is 1.92 bits per heavy atom. The predicted molar refractivity (Wildman–Crippen MR) is 105 cm³/mol. The molecule has 0 aliphatic rings. The third-order valence-electron chi connectivity index (χ3n) is 3.79. The van der Waals surface area contributed by atoms with Gasteiger partial charge in [0.25, 0.3) is 0 Å². The van der Waals surface area contributed by atoms with Gasteiger partial charge in [0.05, 0.1) is 30.6 Å². The molecule has 0 spiro atoms. The van der Waals surface area contributed by atoms with E-state index in [0.717, 1.165) is 10.1 Å². The molecule has 2 aromatic rings. The van der Waals surface area contributed by atoms with Crippen molar-refractivity contribution in [2.45, 2.75) is 46.3 Å². The van der Waals surface area contributed by atoms with Gasteiger partial charge >= 0.3 is 0 Å². The minimum Gasteiger partial charge on any atom is -0.389 e. The van der Waals surface area contributed by atoms with Gasteiger partial charge in [-0.2, -0.15) is 0 Å². The molecule has 0 aliphatic carbocycles. The van der Waals surface area contributed by atoms with Crippen molar-refractivity contribution in [3.8, 4) is 0 Å². The van der Waals surface area contributed by atoms with Crippen molar-refractivity contribution in [3.63, 3.8) is 0 Å². The maximum absolute atomic E-state index is 12.7. The molecule has 1 heterocycles. The number of hydrogen-bond acceptors (Lipinski definition) is 5. The van der Waals surface area contributed by atoms with Crippen LogP contribution in [0.2, 0.25) is 0 Å². The van der Waals surface area contributed by atoms with E-state index in [1.807, 2.05) is 45.0 Å². The normalized spacial score (nSPS) is 14.0. The van der Waals surface area contributed by atoms with Crippen molar-refractivity contribution in [2.75, 3.05) is 23.2 Å². The van der Waals surface area contributed by atoms with Crippen molar-refractivity contribution in [1.82, 2.24) is 0 Å². The van der Waals surface area contributed by atoms with Gasteiger partial charge in [-0.15, -0.1) is 11.3 Å². The maximum atomic E-state index is 12.7. The molecule has 1 atom stereocenters. The van der Waals surface area contributed by atoms with Crippen LogP contribution < -0.4 is 4.31 Å². The highest BCUT2D eigenvalue weighted by Gasteiger charge is 2.28. The zero-order valence-electron chi connectivity index (χ0n) is 15.4. The number of anilines is 1. The first-order valence-corrected chi connectivity index (χ1v) is 10.8. The van der Waals surface area contributed by atoms with Crippen LogP contribution in [0.5, 0.6) is 0 Å². The zero-order chi connectivity index (χ0) is 18.8. The summed E-state index contributed by atoms with van der Waals surface area (Å²) in [4.78, 5) is 0. The van der Waals surface area contributed by atoms with Crippen molar-refractivity contribution >= 4 is 36.4 Å². The molecule has 5 nitrogen and oxygen atoms in total. The van der Waals surface area contributed by atoms with Crippen LogP contribution in [-0.4, -0.2) is 38.0 Å². The van der Waals surface area contributed by atoms with Gasteiger partial charge in [0.2, 0.25) is 10.0 Å². The fraction of sp³-hybridized carbons (Fsp3) is 0.556. The Morgan fingerprint density at radius 1 is 1.28 bits per heavy atom. The van der Waals surface area contributed by atoms with Gasteiger partial charge in [0, 0.05) is 15.6 Å². The molecule has 0 saturated heterocycles. The van der Waals surface area contributed by atoms with E-state index in [0.29, 0.717) is 10.6 Å². The van der Waals surface area contributed by atoms with E-state index < -0.39 is 16.1 Å². The predicted octanol–water partition coefficient (Wildman–Crippen LogP) is 3.93. The van der Waals surface area contributed by atoms with E-state index in [4.69, 9.17) is 4.74 Å². The van der Waals surface area contributed by atoms with Crippen molar-refractivity contribution in [1.29, 1.82) is 0 Å². The molecule has 7 heteroatoms. The van der Waals surface area contributed by atoms with Crippen LogP contribution in [0.3, 0.4) is 0 Å². The summed E-state index contributed by atoms with van der Waals surface area (Å²) in [5.74, 6) is -0.00396. The first-order chi connectivity index (χ1) is 11.6. The molecule has 0 amide bonds. The first-order valence-electron chi connectivity index (χ1n) is 8.40. The summed E-state index contributed by atoms with van der Waals surface area (Å²) in [7, 11) is -3.48.